The van der Waals surface area contributed by atoms with Crippen molar-refractivity contribution in [2.75, 3.05) is 5.75 Å². The van der Waals surface area contributed by atoms with E-state index in [-0.39, 0.29) is 5.91 Å². The number of nitrogens with one attached hydrogen (secondary N) is 1. The largest absolute Gasteiger partial charge is 0.352 e. The van der Waals surface area contributed by atoms with Crippen molar-refractivity contribution < 1.29 is 13.6 Å². The molecule has 0 saturated heterocycles. The van der Waals surface area contributed by atoms with E-state index >= 15 is 0 Å². The average Bonchev–Trinajstić information content (AvgIpc) is 2.52. The summed E-state index contributed by atoms with van der Waals surface area (Å²) >= 11 is 1.21. The van der Waals surface area contributed by atoms with Crippen molar-refractivity contribution >= 4 is 17.7 Å². The maximum atomic E-state index is 13.6. The van der Waals surface area contributed by atoms with E-state index in [1.54, 1.807) is 0 Å². The van der Waals surface area contributed by atoms with Gasteiger partial charge >= 0.3 is 0 Å². The molecule has 2 aromatic carbocycles. The summed E-state index contributed by atoms with van der Waals surface area (Å²) in [4.78, 5) is 12.7. The number of halogens is 2. The molecule has 0 saturated carbocycles. The number of hydrogen-bond donors (Lipinski definition) is 1. The van der Waals surface area contributed by atoms with E-state index in [2.05, 4.69) is 5.32 Å². The van der Waals surface area contributed by atoms with E-state index in [0.29, 0.717) is 17.2 Å². The molecule has 2 aromatic rings. The highest BCUT2D eigenvalue weighted by Gasteiger charge is 2.28. The summed E-state index contributed by atoms with van der Waals surface area (Å²) in [5.74, 6) is -0.908. The first kappa shape index (κ1) is 17.5. The average molecular weight is 335 g/mol. The van der Waals surface area contributed by atoms with Crippen LogP contribution in [-0.4, -0.2) is 11.7 Å². The zero-order chi connectivity index (χ0) is 16.9. The van der Waals surface area contributed by atoms with Crippen LogP contribution in [0, 0.1) is 17.0 Å². The third kappa shape index (κ3) is 5.06. The summed E-state index contributed by atoms with van der Waals surface area (Å²) in [5, 5.41) is 2.89. The van der Waals surface area contributed by atoms with Crippen LogP contribution in [0.3, 0.4) is 0 Å². The van der Waals surface area contributed by atoms with Crippen molar-refractivity contribution in [2.24, 2.45) is 5.41 Å². The monoisotopic (exact) mass is 335 g/mol. The molecule has 0 heterocycles. The first-order valence-electron chi connectivity index (χ1n) is 7.28. The van der Waals surface area contributed by atoms with Crippen LogP contribution in [0.2, 0.25) is 0 Å². The second kappa shape index (κ2) is 7.59. The summed E-state index contributed by atoms with van der Waals surface area (Å²) in [7, 11) is 0. The molecule has 2 nitrogen and oxygen atoms in total. The van der Waals surface area contributed by atoms with Crippen molar-refractivity contribution in [1.29, 1.82) is 0 Å². The Morgan fingerprint density at radius 3 is 2.48 bits per heavy atom. The van der Waals surface area contributed by atoms with E-state index in [1.165, 1.54) is 23.9 Å². The summed E-state index contributed by atoms with van der Waals surface area (Å²) in [5.41, 5.74) is 0.356. The topological polar surface area (TPSA) is 29.1 Å². The maximum Gasteiger partial charge on any atom is 0.226 e. The van der Waals surface area contributed by atoms with Gasteiger partial charge in [0.1, 0.15) is 11.6 Å². The SMILES string of the molecule is CC(C)(CSc1ccc(F)cc1F)C(=O)NCc1ccccc1. The minimum absolute atomic E-state index is 0.101. The molecule has 0 aromatic heterocycles. The molecule has 5 heteroatoms. The first-order chi connectivity index (χ1) is 10.9. The Bertz CT molecular complexity index is 674. The van der Waals surface area contributed by atoms with Crippen molar-refractivity contribution in [2.45, 2.75) is 25.3 Å². The van der Waals surface area contributed by atoms with Gasteiger partial charge in [-0.3, -0.25) is 4.79 Å². The predicted octanol–water partition coefficient (Wildman–Crippen LogP) is 4.40. The lowest BCUT2D eigenvalue weighted by Crippen LogP contribution is -2.38. The van der Waals surface area contributed by atoms with E-state index in [0.717, 1.165) is 11.6 Å². The Morgan fingerprint density at radius 2 is 1.83 bits per heavy atom. The smallest absolute Gasteiger partial charge is 0.226 e. The second-order valence-electron chi connectivity index (χ2n) is 5.92. The Kier molecular flexibility index (Phi) is 5.77. The van der Waals surface area contributed by atoms with Gasteiger partial charge in [0, 0.05) is 23.3 Å². The van der Waals surface area contributed by atoms with Gasteiger partial charge in [-0.15, -0.1) is 11.8 Å². The number of thioether (sulfide) groups is 1. The molecular weight excluding hydrogens is 316 g/mol. The molecule has 0 aliphatic heterocycles. The zero-order valence-electron chi connectivity index (χ0n) is 13.1. The van der Waals surface area contributed by atoms with Gasteiger partial charge in [-0.2, -0.15) is 0 Å². The molecule has 0 spiro atoms. The molecule has 2 rings (SSSR count). The molecule has 0 bridgehead atoms. The number of carbonyl (C=O) groups excluding carboxylic acids is 1. The lowest BCUT2D eigenvalue weighted by atomic mass is 9.95. The van der Waals surface area contributed by atoms with E-state index in [9.17, 15) is 13.6 Å². The summed E-state index contributed by atoms with van der Waals surface area (Å²) in [6, 6.07) is 13.1. The molecule has 0 fully saturated rings. The van der Waals surface area contributed by atoms with Crippen molar-refractivity contribution in [1.82, 2.24) is 5.32 Å². The van der Waals surface area contributed by atoms with Gasteiger partial charge < -0.3 is 5.32 Å². The summed E-state index contributed by atoms with van der Waals surface area (Å²) in [6.45, 7) is 4.07. The van der Waals surface area contributed by atoms with Gasteiger partial charge in [0.15, 0.2) is 0 Å². The van der Waals surface area contributed by atoms with E-state index in [1.807, 2.05) is 44.2 Å². The van der Waals surface area contributed by atoms with Gasteiger partial charge in [-0.1, -0.05) is 44.2 Å². The van der Waals surface area contributed by atoms with Crippen LogP contribution in [-0.2, 0) is 11.3 Å². The normalized spacial score (nSPS) is 11.3. The second-order valence-corrected chi connectivity index (χ2v) is 6.93. The van der Waals surface area contributed by atoms with E-state index in [4.69, 9.17) is 0 Å². The maximum absolute atomic E-state index is 13.6. The van der Waals surface area contributed by atoms with Crippen LogP contribution in [0.25, 0.3) is 0 Å². The minimum Gasteiger partial charge on any atom is -0.352 e. The molecule has 0 aliphatic carbocycles. The number of carbonyl (C=O) groups is 1. The van der Waals surface area contributed by atoms with Crippen LogP contribution in [0.15, 0.2) is 53.4 Å². The third-order valence-electron chi connectivity index (χ3n) is 3.39. The molecule has 1 amide bonds. The van der Waals surface area contributed by atoms with Crippen molar-refractivity contribution in [3.05, 3.63) is 65.7 Å². The number of amides is 1. The van der Waals surface area contributed by atoms with Gasteiger partial charge in [0.2, 0.25) is 5.91 Å². The highest BCUT2D eigenvalue weighted by atomic mass is 32.2. The molecule has 0 atom stereocenters. The minimum atomic E-state index is -0.666. The van der Waals surface area contributed by atoms with Crippen LogP contribution in [0.1, 0.15) is 19.4 Å². The van der Waals surface area contributed by atoms with Crippen LogP contribution < -0.4 is 5.32 Å². The highest BCUT2D eigenvalue weighted by Crippen LogP contribution is 2.30. The van der Waals surface area contributed by atoms with Crippen LogP contribution >= 0.6 is 11.8 Å². The first-order valence-corrected chi connectivity index (χ1v) is 8.27. The fourth-order valence-electron chi connectivity index (χ4n) is 1.93. The Labute approximate surface area is 139 Å². The molecule has 1 N–H and O–H groups in total. The molecule has 0 aliphatic rings. The van der Waals surface area contributed by atoms with Crippen molar-refractivity contribution in [3.63, 3.8) is 0 Å². The standard InChI is InChI=1S/C18H19F2NOS/c1-18(2,12-23-16-9-8-14(19)10-15(16)20)17(22)21-11-13-6-4-3-5-7-13/h3-10H,11-12H2,1-2H3,(H,21,22). The van der Waals surface area contributed by atoms with Gasteiger partial charge in [0.25, 0.3) is 0 Å². The lowest BCUT2D eigenvalue weighted by Gasteiger charge is -2.23. The Balaban J connectivity index is 1.91. The lowest BCUT2D eigenvalue weighted by molar-refractivity contribution is -0.128. The fourth-order valence-corrected chi connectivity index (χ4v) is 2.94. The Morgan fingerprint density at radius 1 is 1.13 bits per heavy atom. The predicted molar refractivity (Wildman–Crippen MR) is 89.2 cm³/mol. The van der Waals surface area contributed by atoms with Gasteiger partial charge in [-0.05, 0) is 17.7 Å². The molecule has 23 heavy (non-hydrogen) atoms. The molecule has 122 valence electrons. The third-order valence-corrected chi connectivity index (χ3v) is 4.90. The van der Waals surface area contributed by atoms with Crippen LogP contribution in [0.5, 0.6) is 0 Å². The molecule has 0 unspecified atom stereocenters. The Hall–Kier alpha value is -1.88. The van der Waals surface area contributed by atoms with Crippen molar-refractivity contribution in [3.8, 4) is 0 Å². The fraction of sp³-hybridized carbons (Fsp3) is 0.278. The van der Waals surface area contributed by atoms with Crippen LogP contribution in [0.4, 0.5) is 8.78 Å². The summed E-state index contributed by atoms with van der Waals surface area (Å²) < 4.78 is 26.5. The van der Waals surface area contributed by atoms with E-state index < -0.39 is 17.0 Å². The zero-order valence-corrected chi connectivity index (χ0v) is 13.9. The number of hydrogen-bond acceptors (Lipinski definition) is 2. The number of benzene rings is 2. The number of rotatable bonds is 6. The quantitative estimate of drug-likeness (QED) is 0.793. The molecular formula is C18H19F2NOS. The van der Waals surface area contributed by atoms with Gasteiger partial charge in [0.05, 0.1) is 5.41 Å². The molecule has 0 radical (unpaired) electrons. The summed E-state index contributed by atoms with van der Waals surface area (Å²) in [6.07, 6.45) is 0. The highest BCUT2D eigenvalue weighted by molar-refractivity contribution is 7.99. The van der Waals surface area contributed by atoms with Gasteiger partial charge in [-0.25, -0.2) is 8.78 Å².